The molecule has 33 heavy (non-hydrogen) atoms. The van der Waals surface area contributed by atoms with Gasteiger partial charge in [0, 0.05) is 29.6 Å². The quantitative estimate of drug-likeness (QED) is 0.471. The third-order valence-electron chi connectivity index (χ3n) is 7.23. The summed E-state index contributed by atoms with van der Waals surface area (Å²) in [6, 6.07) is 15.2. The van der Waals surface area contributed by atoms with Crippen molar-refractivity contribution in [2.75, 3.05) is 25.9 Å². The van der Waals surface area contributed by atoms with E-state index >= 15 is 0 Å². The molecular formula is C26H24FN5O. The van der Waals surface area contributed by atoms with E-state index in [1.54, 1.807) is 31.2 Å². The van der Waals surface area contributed by atoms with Crippen LogP contribution in [0.15, 0.2) is 53.3 Å². The number of nitrogens with one attached hydrogen (secondary N) is 1. The van der Waals surface area contributed by atoms with Gasteiger partial charge in [0.2, 0.25) is 5.95 Å². The van der Waals surface area contributed by atoms with Crippen LogP contribution in [0.5, 0.6) is 0 Å². The van der Waals surface area contributed by atoms with E-state index in [0.717, 1.165) is 30.1 Å². The highest BCUT2D eigenvalue weighted by Crippen LogP contribution is 2.58. The molecule has 4 aromatic rings. The van der Waals surface area contributed by atoms with Crippen molar-refractivity contribution in [1.82, 2.24) is 19.9 Å². The molecule has 2 aliphatic rings. The molecule has 0 radical (unpaired) electrons. The van der Waals surface area contributed by atoms with E-state index in [1.165, 1.54) is 12.0 Å². The minimum atomic E-state index is -0.599. The maximum atomic E-state index is 14.9. The summed E-state index contributed by atoms with van der Waals surface area (Å²) in [6.45, 7) is 3.96. The van der Waals surface area contributed by atoms with Gasteiger partial charge < -0.3 is 15.6 Å². The summed E-state index contributed by atoms with van der Waals surface area (Å²) in [4.78, 5) is 25.7. The molecule has 1 aliphatic carbocycles. The lowest BCUT2D eigenvalue weighted by Crippen LogP contribution is -2.22. The van der Waals surface area contributed by atoms with Crippen molar-refractivity contribution >= 4 is 16.7 Å². The molecule has 2 fully saturated rings. The van der Waals surface area contributed by atoms with Crippen LogP contribution < -0.4 is 11.3 Å². The first-order valence-corrected chi connectivity index (χ1v) is 11.1. The Balaban J connectivity index is 1.40. The van der Waals surface area contributed by atoms with Crippen molar-refractivity contribution in [3.63, 3.8) is 0 Å². The van der Waals surface area contributed by atoms with E-state index in [1.807, 2.05) is 12.1 Å². The second-order valence-corrected chi connectivity index (χ2v) is 9.47. The summed E-state index contributed by atoms with van der Waals surface area (Å²) < 4.78 is 14.9. The minimum Gasteiger partial charge on any atom is -0.383 e. The number of halogens is 1. The van der Waals surface area contributed by atoms with Crippen LogP contribution in [0, 0.1) is 18.8 Å². The molecule has 0 spiro atoms. The van der Waals surface area contributed by atoms with Crippen LogP contribution in [-0.2, 0) is 5.41 Å². The number of H-pyrrole nitrogens is 1. The summed E-state index contributed by atoms with van der Waals surface area (Å²) in [5.74, 6) is 0.759. The van der Waals surface area contributed by atoms with Crippen molar-refractivity contribution in [1.29, 1.82) is 0 Å². The SMILES string of the molecule is Cc1nc2cc(-c3cc(-c4ccc([C@]56C[C@H]5CN(C)C6)cc4)c(F)nc3N)ccc2c(=O)[nH]1. The standard InChI is InChI=1S/C26H24FN5O/c1-14-29-22-9-16(5-8-19(22)25(33)30-14)21-10-20(23(27)31-24(21)28)15-3-6-17(7-4-15)26-11-18(26)12-32(2)13-26/h3-10,18H,11-13H2,1-2H3,(H2,28,31)(H,29,30,33)/t18-,26+/m0/s1. The summed E-state index contributed by atoms with van der Waals surface area (Å²) >= 11 is 0. The second kappa shape index (κ2) is 6.96. The molecule has 3 N–H and O–H groups in total. The van der Waals surface area contributed by atoms with Gasteiger partial charge in [0.1, 0.15) is 11.6 Å². The third-order valence-corrected chi connectivity index (χ3v) is 7.23. The summed E-state index contributed by atoms with van der Waals surface area (Å²) in [6.07, 6.45) is 1.23. The number of pyridine rings is 1. The predicted octanol–water partition coefficient (Wildman–Crippen LogP) is 3.88. The minimum absolute atomic E-state index is 0.0995. The molecule has 2 aromatic carbocycles. The van der Waals surface area contributed by atoms with E-state index in [2.05, 4.69) is 39.0 Å². The average molecular weight is 442 g/mol. The number of nitrogens with two attached hydrogens (primary N) is 1. The first-order valence-electron chi connectivity index (χ1n) is 11.1. The number of aromatic nitrogens is 3. The fourth-order valence-electron chi connectivity index (χ4n) is 5.52. The number of hydrogen-bond donors (Lipinski definition) is 2. The number of nitrogen functional groups attached to an aromatic ring is 1. The number of benzene rings is 2. The van der Waals surface area contributed by atoms with Gasteiger partial charge in [-0.25, -0.2) is 9.97 Å². The molecular weight excluding hydrogens is 417 g/mol. The Bertz CT molecular complexity index is 1480. The van der Waals surface area contributed by atoms with Crippen LogP contribution in [0.4, 0.5) is 10.2 Å². The van der Waals surface area contributed by atoms with Gasteiger partial charge in [-0.2, -0.15) is 4.39 Å². The summed E-state index contributed by atoms with van der Waals surface area (Å²) in [7, 11) is 2.17. The Morgan fingerprint density at radius 1 is 1.09 bits per heavy atom. The number of hydrogen-bond acceptors (Lipinski definition) is 5. The molecule has 2 atom stereocenters. The van der Waals surface area contributed by atoms with Crippen LogP contribution in [-0.4, -0.2) is 40.0 Å². The molecule has 6 rings (SSSR count). The van der Waals surface area contributed by atoms with Gasteiger partial charge in [-0.05, 0) is 61.2 Å². The van der Waals surface area contributed by atoms with E-state index in [0.29, 0.717) is 27.9 Å². The van der Waals surface area contributed by atoms with Gasteiger partial charge in [-0.1, -0.05) is 30.3 Å². The van der Waals surface area contributed by atoms with Gasteiger partial charge >= 0.3 is 0 Å². The third kappa shape index (κ3) is 3.15. The molecule has 0 unspecified atom stereocenters. The molecule has 0 bridgehead atoms. The molecule has 6 nitrogen and oxygen atoms in total. The number of aryl methyl sites for hydroxylation is 1. The van der Waals surface area contributed by atoms with Crippen LogP contribution in [0.2, 0.25) is 0 Å². The number of anilines is 1. The van der Waals surface area contributed by atoms with Crippen molar-refractivity contribution < 1.29 is 4.39 Å². The normalized spacial score (nSPS) is 22.0. The summed E-state index contributed by atoms with van der Waals surface area (Å²) in [5, 5.41) is 0.490. The zero-order valence-electron chi connectivity index (χ0n) is 18.5. The Kier molecular flexibility index (Phi) is 4.23. The van der Waals surface area contributed by atoms with Gasteiger partial charge in [-0.15, -0.1) is 0 Å². The van der Waals surface area contributed by atoms with Crippen molar-refractivity contribution in [3.8, 4) is 22.3 Å². The Labute approximate surface area is 190 Å². The zero-order valence-corrected chi connectivity index (χ0v) is 18.5. The van der Waals surface area contributed by atoms with E-state index < -0.39 is 5.95 Å². The lowest BCUT2D eigenvalue weighted by atomic mass is 9.92. The number of likely N-dealkylation sites (tertiary alicyclic amines) is 1. The van der Waals surface area contributed by atoms with Gasteiger partial charge in [0.15, 0.2) is 0 Å². The van der Waals surface area contributed by atoms with Crippen molar-refractivity contribution in [3.05, 3.63) is 76.2 Å². The average Bonchev–Trinajstić information content (AvgIpc) is 3.35. The van der Waals surface area contributed by atoms with Gasteiger partial charge in [-0.3, -0.25) is 4.79 Å². The van der Waals surface area contributed by atoms with Crippen LogP contribution >= 0.6 is 0 Å². The van der Waals surface area contributed by atoms with Crippen molar-refractivity contribution in [2.45, 2.75) is 18.8 Å². The zero-order chi connectivity index (χ0) is 22.9. The lowest BCUT2D eigenvalue weighted by molar-refractivity contribution is 0.363. The van der Waals surface area contributed by atoms with Crippen LogP contribution in [0.25, 0.3) is 33.2 Å². The maximum Gasteiger partial charge on any atom is 0.258 e. The predicted molar refractivity (Wildman–Crippen MR) is 127 cm³/mol. The Hall–Kier alpha value is -3.58. The van der Waals surface area contributed by atoms with Gasteiger partial charge in [0.05, 0.1) is 10.9 Å². The molecule has 7 heteroatoms. The van der Waals surface area contributed by atoms with Crippen LogP contribution in [0.3, 0.4) is 0 Å². The molecule has 0 amide bonds. The number of piperidine rings is 1. The summed E-state index contributed by atoms with van der Waals surface area (Å²) in [5.41, 5.74) is 10.6. The lowest BCUT2D eigenvalue weighted by Gasteiger charge is -2.17. The van der Waals surface area contributed by atoms with Crippen LogP contribution in [0.1, 0.15) is 17.8 Å². The van der Waals surface area contributed by atoms with Crippen molar-refractivity contribution in [2.24, 2.45) is 5.92 Å². The topological polar surface area (TPSA) is 87.9 Å². The number of fused-ring (bicyclic) bond motifs is 2. The first-order chi connectivity index (χ1) is 15.8. The van der Waals surface area contributed by atoms with Gasteiger partial charge in [0.25, 0.3) is 5.56 Å². The first kappa shape index (κ1) is 20.1. The smallest absolute Gasteiger partial charge is 0.258 e. The fourth-order valence-corrected chi connectivity index (χ4v) is 5.52. The Morgan fingerprint density at radius 3 is 2.58 bits per heavy atom. The number of likely N-dealkylation sites (N-methyl/N-ethyl adjacent to an activating group) is 1. The largest absolute Gasteiger partial charge is 0.383 e. The monoisotopic (exact) mass is 441 g/mol. The molecule has 2 aromatic heterocycles. The maximum absolute atomic E-state index is 14.9. The molecule has 3 heterocycles. The highest BCUT2D eigenvalue weighted by atomic mass is 19.1. The number of aromatic amines is 1. The highest BCUT2D eigenvalue weighted by molar-refractivity contribution is 5.87. The van der Waals surface area contributed by atoms with E-state index in [4.69, 9.17) is 5.73 Å². The highest BCUT2D eigenvalue weighted by Gasteiger charge is 2.59. The molecule has 1 saturated heterocycles. The molecule has 1 aliphatic heterocycles. The Morgan fingerprint density at radius 2 is 1.85 bits per heavy atom. The van der Waals surface area contributed by atoms with E-state index in [9.17, 15) is 9.18 Å². The molecule has 1 saturated carbocycles. The second-order valence-electron chi connectivity index (χ2n) is 9.47. The van der Waals surface area contributed by atoms with E-state index in [-0.39, 0.29) is 16.8 Å². The fraction of sp³-hybridized carbons (Fsp3) is 0.269. The number of rotatable bonds is 3. The molecule has 166 valence electrons. The number of nitrogens with zero attached hydrogens (tertiary/aromatic N) is 3.